The number of hydrogen-bond donors (Lipinski definition) is 1. The van der Waals surface area contributed by atoms with E-state index in [1.165, 1.54) is 32.4 Å². The zero-order valence-electron chi connectivity index (χ0n) is 8.74. The van der Waals surface area contributed by atoms with Crippen molar-refractivity contribution in [1.82, 2.24) is 20.1 Å². The minimum Gasteiger partial charge on any atom is -0.317 e. The lowest BCUT2D eigenvalue weighted by Gasteiger charge is -2.22. The third-order valence-electron chi connectivity index (χ3n) is 3.04. The van der Waals surface area contributed by atoms with Crippen molar-refractivity contribution in [1.29, 1.82) is 0 Å². The number of aromatic nitrogens is 3. The minimum absolute atomic E-state index is 0.882. The van der Waals surface area contributed by atoms with Gasteiger partial charge in [0.25, 0.3) is 0 Å². The van der Waals surface area contributed by atoms with Crippen LogP contribution < -0.4 is 5.32 Å². The molecule has 2 heterocycles. The van der Waals surface area contributed by atoms with Crippen molar-refractivity contribution >= 4 is 0 Å². The Morgan fingerprint density at radius 2 is 2.29 bits per heavy atom. The fraction of sp³-hybridized carbons (Fsp3) is 0.800. The molecular weight excluding hydrogens is 176 g/mol. The normalized spacial score (nSPS) is 18.6. The topological polar surface area (TPSA) is 42.7 Å². The first kappa shape index (κ1) is 9.65. The molecule has 1 saturated heterocycles. The Hall–Kier alpha value is -0.900. The molecule has 0 saturated carbocycles. The molecule has 0 amide bonds. The van der Waals surface area contributed by atoms with E-state index >= 15 is 0 Å². The summed E-state index contributed by atoms with van der Waals surface area (Å²) >= 11 is 0. The molecule has 4 nitrogen and oxygen atoms in total. The molecule has 0 unspecified atom stereocenters. The van der Waals surface area contributed by atoms with Gasteiger partial charge in [0.05, 0.1) is 0 Å². The van der Waals surface area contributed by atoms with Crippen LogP contribution in [0.4, 0.5) is 0 Å². The maximum atomic E-state index is 4.24. The summed E-state index contributed by atoms with van der Waals surface area (Å²) in [6.45, 7) is 2.37. The van der Waals surface area contributed by atoms with E-state index in [1.807, 2.05) is 11.7 Å². The van der Waals surface area contributed by atoms with Gasteiger partial charge in [-0.25, -0.2) is 4.98 Å². The monoisotopic (exact) mass is 194 g/mol. The first-order valence-corrected chi connectivity index (χ1v) is 5.40. The fourth-order valence-electron chi connectivity index (χ4n) is 2.05. The predicted molar refractivity (Wildman–Crippen MR) is 54.9 cm³/mol. The van der Waals surface area contributed by atoms with Crippen LogP contribution in [0.3, 0.4) is 0 Å². The summed E-state index contributed by atoms with van der Waals surface area (Å²) in [5.41, 5.74) is 0. The lowest BCUT2D eigenvalue weighted by Crippen LogP contribution is -2.28. The van der Waals surface area contributed by atoms with Crippen LogP contribution in [0.25, 0.3) is 0 Å². The average molecular weight is 194 g/mol. The van der Waals surface area contributed by atoms with Gasteiger partial charge in [-0.15, -0.1) is 0 Å². The second kappa shape index (κ2) is 4.55. The fourth-order valence-corrected chi connectivity index (χ4v) is 2.05. The van der Waals surface area contributed by atoms with Gasteiger partial charge >= 0.3 is 0 Å². The number of piperidine rings is 1. The summed E-state index contributed by atoms with van der Waals surface area (Å²) in [5, 5.41) is 7.46. The van der Waals surface area contributed by atoms with Gasteiger partial charge in [-0.1, -0.05) is 0 Å². The molecule has 0 radical (unpaired) electrons. The lowest BCUT2D eigenvalue weighted by molar-refractivity contribution is 0.351. The van der Waals surface area contributed by atoms with E-state index in [4.69, 9.17) is 0 Å². The Labute approximate surface area is 84.7 Å². The van der Waals surface area contributed by atoms with Crippen molar-refractivity contribution in [3.05, 3.63) is 12.2 Å². The van der Waals surface area contributed by atoms with Gasteiger partial charge in [0, 0.05) is 13.5 Å². The SMILES string of the molecule is Cn1ncnc1CCC1CCNCC1. The van der Waals surface area contributed by atoms with Gasteiger partial charge in [0.2, 0.25) is 0 Å². The average Bonchev–Trinajstić information content (AvgIpc) is 2.63. The molecule has 1 aromatic rings. The number of nitrogens with zero attached hydrogens (tertiary/aromatic N) is 3. The van der Waals surface area contributed by atoms with E-state index < -0.39 is 0 Å². The number of nitrogens with one attached hydrogen (secondary N) is 1. The Morgan fingerprint density at radius 3 is 2.93 bits per heavy atom. The molecule has 4 heteroatoms. The number of rotatable bonds is 3. The molecule has 0 spiro atoms. The Kier molecular flexibility index (Phi) is 3.14. The molecular formula is C10H18N4. The summed E-state index contributed by atoms with van der Waals surface area (Å²) in [4.78, 5) is 4.24. The quantitative estimate of drug-likeness (QED) is 0.772. The first-order valence-electron chi connectivity index (χ1n) is 5.40. The Balaban J connectivity index is 1.79. The maximum Gasteiger partial charge on any atom is 0.138 e. The van der Waals surface area contributed by atoms with Crippen molar-refractivity contribution < 1.29 is 0 Å². The number of aryl methyl sites for hydroxylation is 2. The zero-order valence-corrected chi connectivity index (χ0v) is 8.74. The summed E-state index contributed by atoms with van der Waals surface area (Å²) in [5.74, 6) is 2.00. The van der Waals surface area contributed by atoms with Gasteiger partial charge in [0.1, 0.15) is 12.2 Å². The molecule has 1 fully saturated rings. The smallest absolute Gasteiger partial charge is 0.138 e. The van der Waals surface area contributed by atoms with E-state index in [0.29, 0.717) is 0 Å². The maximum absolute atomic E-state index is 4.24. The molecule has 0 bridgehead atoms. The molecule has 0 aromatic carbocycles. The van der Waals surface area contributed by atoms with E-state index in [9.17, 15) is 0 Å². The highest BCUT2D eigenvalue weighted by molar-refractivity contribution is 4.84. The molecule has 1 aromatic heterocycles. The summed E-state index contributed by atoms with van der Waals surface area (Å²) in [7, 11) is 1.96. The predicted octanol–water partition coefficient (Wildman–Crippen LogP) is 0.747. The largest absolute Gasteiger partial charge is 0.317 e. The van der Waals surface area contributed by atoms with Gasteiger partial charge in [0.15, 0.2) is 0 Å². The van der Waals surface area contributed by atoms with Gasteiger partial charge < -0.3 is 5.32 Å². The van der Waals surface area contributed by atoms with E-state index in [-0.39, 0.29) is 0 Å². The van der Waals surface area contributed by atoms with Crippen LogP contribution in [-0.4, -0.2) is 27.9 Å². The summed E-state index contributed by atoms with van der Waals surface area (Å²) in [6, 6.07) is 0. The highest BCUT2D eigenvalue weighted by Gasteiger charge is 2.13. The third-order valence-corrected chi connectivity index (χ3v) is 3.04. The van der Waals surface area contributed by atoms with Crippen LogP contribution in [0.1, 0.15) is 25.1 Å². The van der Waals surface area contributed by atoms with Crippen LogP contribution in [0.2, 0.25) is 0 Å². The van der Waals surface area contributed by atoms with Crippen molar-refractivity contribution in [2.45, 2.75) is 25.7 Å². The van der Waals surface area contributed by atoms with Crippen LogP contribution >= 0.6 is 0 Å². The second-order valence-corrected chi connectivity index (χ2v) is 4.03. The zero-order chi connectivity index (χ0) is 9.80. The molecule has 1 aliphatic rings. The van der Waals surface area contributed by atoms with Crippen LogP contribution in [0.5, 0.6) is 0 Å². The lowest BCUT2D eigenvalue weighted by atomic mass is 9.93. The van der Waals surface area contributed by atoms with Gasteiger partial charge in [-0.3, -0.25) is 4.68 Å². The molecule has 14 heavy (non-hydrogen) atoms. The molecule has 1 N–H and O–H groups in total. The van der Waals surface area contributed by atoms with E-state index in [0.717, 1.165) is 18.2 Å². The molecule has 0 atom stereocenters. The Bertz CT molecular complexity index is 275. The molecule has 2 rings (SSSR count). The standard InChI is InChI=1S/C10H18N4/c1-14-10(12-8-13-14)3-2-9-4-6-11-7-5-9/h8-9,11H,2-7H2,1H3. The first-order chi connectivity index (χ1) is 6.86. The van der Waals surface area contributed by atoms with Crippen LogP contribution in [0, 0.1) is 5.92 Å². The molecule has 78 valence electrons. The minimum atomic E-state index is 0.882. The molecule has 0 aliphatic carbocycles. The summed E-state index contributed by atoms with van der Waals surface area (Å²) in [6.07, 6.45) is 6.60. The van der Waals surface area contributed by atoms with E-state index in [1.54, 1.807) is 6.33 Å². The van der Waals surface area contributed by atoms with E-state index in [2.05, 4.69) is 15.4 Å². The van der Waals surface area contributed by atoms with Crippen molar-refractivity contribution in [2.24, 2.45) is 13.0 Å². The Morgan fingerprint density at radius 1 is 1.50 bits per heavy atom. The van der Waals surface area contributed by atoms with Crippen molar-refractivity contribution in [3.63, 3.8) is 0 Å². The highest BCUT2D eigenvalue weighted by Crippen LogP contribution is 2.17. The second-order valence-electron chi connectivity index (χ2n) is 4.03. The third kappa shape index (κ3) is 2.32. The molecule has 1 aliphatic heterocycles. The van der Waals surface area contributed by atoms with Crippen molar-refractivity contribution in [2.75, 3.05) is 13.1 Å². The van der Waals surface area contributed by atoms with Gasteiger partial charge in [-0.2, -0.15) is 5.10 Å². The van der Waals surface area contributed by atoms with Gasteiger partial charge in [-0.05, 0) is 38.3 Å². The van der Waals surface area contributed by atoms with Crippen molar-refractivity contribution in [3.8, 4) is 0 Å². The van der Waals surface area contributed by atoms with Crippen LogP contribution in [-0.2, 0) is 13.5 Å². The summed E-state index contributed by atoms with van der Waals surface area (Å²) < 4.78 is 1.88. The van der Waals surface area contributed by atoms with Crippen LogP contribution in [0.15, 0.2) is 6.33 Å². The number of hydrogen-bond acceptors (Lipinski definition) is 3. The highest BCUT2D eigenvalue weighted by atomic mass is 15.3.